The first-order valence-corrected chi connectivity index (χ1v) is 8.08. The van der Waals surface area contributed by atoms with Crippen LogP contribution >= 0.6 is 0 Å². The van der Waals surface area contributed by atoms with Crippen LogP contribution in [0, 0.1) is 22.7 Å². The first-order valence-electron chi connectivity index (χ1n) is 8.08. The summed E-state index contributed by atoms with van der Waals surface area (Å²) in [6, 6.07) is 5.79. The number of phenolic OH excluding ortho intramolecular Hbond substituents is 1. The van der Waals surface area contributed by atoms with Gasteiger partial charge in [-0.15, -0.1) is 0 Å². The number of phenols is 1. The highest BCUT2D eigenvalue weighted by atomic mass is 16.3. The number of hydrogen-bond acceptors (Lipinski definition) is 3. The molecule has 3 N–H and O–H groups in total. The maximum Gasteiger partial charge on any atom is 0.115 e. The van der Waals surface area contributed by atoms with Crippen molar-refractivity contribution in [3.63, 3.8) is 0 Å². The first-order chi connectivity index (χ1) is 10.0. The number of aliphatic hydroxyl groups excluding tert-OH is 1. The van der Waals surface area contributed by atoms with E-state index in [0.717, 1.165) is 31.4 Å². The van der Waals surface area contributed by atoms with Crippen molar-refractivity contribution in [1.29, 1.82) is 5.41 Å². The van der Waals surface area contributed by atoms with E-state index in [0.29, 0.717) is 24.0 Å². The summed E-state index contributed by atoms with van der Waals surface area (Å²) < 4.78 is 0. The molecule has 0 aromatic heterocycles. The summed E-state index contributed by atoms with van der Waals surface area (Å²) in [6.45, 7) is 2.19. The maximum atomic E-state index is 10.4. The molecule has 0 spiro atoms. The molecule has 0 heterocycles. The second-order valence-electron chi connectivity index (χ2n) is 7.46. The quantitative estimate of drug-likeness (QED) is 0.685. The second-order valence-corrected chi connectivity index (χ2v) is 7.46. The van der Waals surface area contributed by atoms with Crippen LogP contribution in [0.4, 0.5) is 0 Å². The zero-order valence-corrected chi connectivity index (χ0v) is 12.5. The van der Waals surface area contributed by atoms with Crippen molar-refractivity contribution in [3.8, 4) is 5.75 Å². The molecule has 112 valence electrons. The summed E-state index contributed by atoms with van der Waals surface area (Å²) in [7, 11) is 0. The Balaban J connectivity index is 1.75. The van der Waals surface area contributed by atoms with Gasteiger partial charge in [0.25, 0.3) is 0 Å². The molecule has 3 aliphatic carbocycles. The lowest BCUT2D eigenvalue weighted by atomic mass is 9.55. The van der Waals surface area contributed by atoms with Crippen LogP contribution in [-0.4, -0.2) is 22.0 Å². The van der Waals surface area contributed by atoms with Crippen LogP contribution in [0.2, 0.25) is 0 Å². The predicted octanol–water partition coefficient (Wildman–Crippen LogP) is 3.24. The molecule has 3 nitrogen and oxygen atoms in total. The molecule has 0 bridgehead atoms. The lowest BCUT2D eigenvalue weighted by Crippen LogP contribution is -2.45. The van der Waals surface area contributed by atoms with Gasteiger partial charge in [-0.05, 0) is 60.8 Å². The van der Waals surface area contributed by atoms with Gasteiger partial charge in [-0.3, -0.25) is 0 Å². The molecule has 3 aliphatic rings. The van der Waals surface area contributed by atoms with Crippen molar-refractivity contribution < 1.29 is 10.2 Å². The van der Waals surface area contributed by atoms with Crippen LogP contribution in [0.3, 0.4) is 0 Å². The van der Waals surface area contributed by atoms with Crippen LogP contribution in [0.5, 0.6) is 5.75 Å². The van der Waals surface area contributed by atoms with E-state index >= 15 is 0 Å². The summed E-state index contributed by atoms with van der Waals surface area (Å²) in [5.41, 5.74) is 3.33. The molecule has 2 saturated carbocycles. The molecule has 0 aliphatic heterocycles. The lowest BCUT2D eigenvalue weighted by molar-refractivity contribution is -0.0150. The van der Waals surface area contributed by atoms with Gasteiger partial charge >= 0.3 is 0 Å². The van der Waals surface area contributed by atoms with E-state index in [1.54, 1.807) is 6.07 Å². The highest BCUT2D eigenvalue weighted by Crippen LogP contribution is 2.59. The fraction of sp³-hybridized carbons (Fsp3) is 0.611. The molecule has 0 radical (unpaired) electrons. The SMILES string of the molecule is C[C@]12CC[C@@H]3c4ccc(O)cc4CC[C@H]3[C@@H]1C(=N)CC2O. The van der Waals surface area contributed by atoms with E-state index in [2.05, 4.69) is 13.0 Å². The van der Waals surface area contributed by atoms with Crippen LogP contribution in [-0.2, 0) is 6.42 Å². The maximum absolute atomic E-state index is 10.4. The Labute approximate surface area is 125 Å². The van der Waals surface area contributed by atoms with Gasteiger partial charge in [-0.1, -0.05) is 13.0 Å². The number of nitrogens with one attached hydrogen (secondary N) is 1. The van der Waals surface area contributed by atoms with Gasteiger partial charge in [0.2, 0.25) is 0 Å². The van der Waals surface area contributed by atoms with Crippen LogP contribution < -0.4 is 0 Å². The van der Waals surface area contributed by atoms with E-state index in [1.165, 1.54) is 11.1 Å². The Morgan fingerprint density at radius 2 is 2.10 bits per heavy atom. The van der Waals surface area contributed by atoms with E-state index in [9.17, 15) is 10.2 Å². The molecule has 1 aromatic carbocycles. The number of aryl methyl sites for hydroxylation is 1. The largest absolute Gasteiger partial charge is 0.508 e. The number of benzene rings is 1. The number of aliphatic hydroxyl groups is 1. The van der Waals surface area contributed by atoms with Gasteiger partial charge in [-0.2, -0.15) is 0 Å². The van der Waals surface area contributed by atoms with Gasteiger partial charge in [-0.25, -0.2) is 0 Å². The number of aromatic hydroxyl groups is 1. The predicted molar refractivity (Wildman–Crippen MR) is 81.8 cm³/mol. The summed E-state index contributed by atoms with van der Waals surface area (Å²) in [5.74, 6) is 1.59. The number of hydrogen-bond donors (Lipinski definition) is 3. The minimum atomic E-state index is -0.336. The van der Waals surface area contributed by atoms with Crippen LogP contribution in [0.15, 0.2) is 18.2 Å². The van der Waals surface area contributed by atoms with E-state index in [-0.39, 0.29) is 17.4 Å². The smallest absolute Gasteiger partial charge is 0.115 e. The van der Waals surface area contributed by atoms with Gasteiger partial charge in [0.1, 0.15) is 5.75 Å². The Bertz CT molecular complexity index is 611. The summed E-state index contributed by atoms with van der Waals surface area (Å²) in [6.07, 6.45) is 4.39. The number of rotatable bonds is 0. The summed E-state index contributed by atoms with van der Waals surface area (Å²) in [4.78, 5) is 0. The molecule has 1 aromatic rings. The van der Waals surface area contributed by atoms with Gasteiger partial charge in [0, 0.05) is 23.5 Å². The highest BCUT2D eigenvalue weighted by Gasteiger charge is 2.56. The average molecular weight is 285 g/mol. The molecule has 2 fully saturated rings. The molecule has 3 heteroatoms. The third-order valence-electron chi connectivity index (χ3n) is 6.47. The minimum Gasteiger partial charge on any atom is -0.508 e. The Hall–Kier alpha value is -1.35. The molecule has 5 atom stereocenters. The van der Waals surface area contributed by atoms with Gasteiger partial charge < -0.3 is 15.6 Å². The summed E-state index contributed by atoms with van der Waals surface area (Å²) >= 11 is 0. The third kappa shape index (κ3) is 1.73. The van der Waals surface area contributed by atoms with Crippen molar-refractivity contribution in [2.75, 3.05) is 0 Å². The fourth-order valence-corrected chi connectivity index (χ4v) is 5.40. The fourth-order valence-electron chi connectivity index (χ4n) is 5.40. The molecule has 0 amide bonds. The zero-order valence-electron chi connectivity index (χ0n) is 12.5. The van der Waals surface area contributed by atoms with Crippen molar-refractivity contribution in [2.24, 2.45) is 17.3 Å². The lowest BCUT2D eigenvalue weighted by Gasteiger charge is -2.49. The van der Waals surface area contributed by atoms with Crippen molar-refractivity contribution in [2.45, 2.75) is 51.0 Å². The van der Waals surface area contributed by atoms with Crippen LogP contribution in [0.25, 0.3) is 0 Å². The Morgan fingerprint density at radius 1 is 1.29 bits per heavy atom. The van der Waals surface area contributed by atoms with E-state index in [4.69, 9.17) is 5.41 Å². The molecular formula is C18H23NO2. The minimum absolute atomic E-state index is 0.0906. The van der Waals surface area contributed by atoms with Crippen molar-refractivity contribution in [1.82, 2.24) is 0 Å². The molecule has 21 heavy (non-hydrogen) atoms. The second kappa shape index (κ2) is 4.33. The first kappa shape index (κ1) is 13.3. The molecular weight excluding hydrogens is 262 g/mol. The molecule has 4 rings (SSSR count). The van der Waals surface area contributed by atoms with Gasteiger partial charge in [0.05, 0.1) is 6.10 Å². The Kier molecular flexibility index (Phi) is 2.74. The van der Waals surface area contributed by atoms with Crippen LogP contribution in [0.1, 0.15) is 49.7 Å². The number of fused-ring (bicyclic) bond motifs is 5. The summed E-state index contributed by atoms with van der Waals surface area (Å²) in [5, 5.41) is 28.5. The van der Waals surface area contributed by atoms with Crippen molar-refractivity contribution in [3.05, 3.63) is 29.3 Å². The topological polar surface area (TPSA) is 64.3 Å². The monoisotopic (exact) mass is 285 g/mol. The zero-order chi connectivity index (χ0) is 14.8. The highest BCUT2D eigenvalue weighted by molar-refractivity contribution is 5.88. The standard InChI is InChI=1S/C18H23NO2/c1-18-7-6-13-12-5-3-11(20)8-10(12)2-4-14(13)17(18)15(19)9-16(18)21/h3,5,8,13-14,16-17,19-21H,2,4,6-7,9H2,1H3/t13-,14-,16?,17-,18-/m1/s1. The molecule has 1 unspecified atom stereocenters. The third-order valence-corrected chi connectivity index (χ3v) is 6.47. The molecule has 0 saturated heterocycles. The van der Waals surface area contributed by atoms with Crippen molar-refractivity contribution >= 4 is 5.71 Å². The van der Waals surface area contributed by atoms with Gasteiger partial charge in [0.15, 0.2) is 0 Å². The van der Waals surface area contributed by atoms with E-state index < -0.39 is 0 Å². The van der Waals surface area contributed by atoms with E-state index in [1.807, 2.05) is 6.07 Å². The average Bonchev–Trinajstić information content (AvgIpc) is 2.68. The normalized spacial score (nSPS) is 41.3. The Morgan fingerprint density at radius 3 is 2.90 bits per heavy atom.